The van der Waals surface area contributed by atoms with E-state index < -0.39 is 0 Å². The molecule has 6 heteroatoms. The van der Waals surface area contributed by atoms with Gasteiger partial charge in [-0.15, -0.1) is 0 Å². The van der Waals surface area contributed by atoms with Crippen LogP contribution in [0.4, 0.5) is 0 Å². The van der Waals surface area contributed by atoms with Crippen LogP contribution in [0.1, 0.15) is 0 Å². The van der Waals surface area contributed by atoms with Gasteiger partial charge in [-0.3, -0.25) is 9.97 Å². The summed E-state index contributed by atoms with van der Waals surface area (Å²) in [7, 11) is 0. The first-order valence-corrected chi connectivity index (χ1v) is 20.8. The quantitative estimate of drug-likeness (QED) is 0.161. The van der Waals surface area contributed by atoms with Crippen LogP contribution < -0.4 is 0 Å². The largest absolute Gasteiger partial charge is 0.309 e. The molecule has 6 nitrogen and oxygen atoms in total. The average Bonchev–Trinajstić information content (AvgIpc) is 3.86. The van der Waals surface area contributed by atoms with Crippen LogP contribution in [0.3, 0.4) is 0 Å². The van der Waals surface area contributed by atoms with Gasteiger partial charge in [0.1, 0.15) is 0 Å². The van der Waals surface area contributed by atoms with Gasteiger partial charge in [-0.1, -0.05) is 72.8 Å². The Morgan fingerprint density at radius 3 is 1.00 bits per heavy atom. The SMILES string of the molecule is c1ccc(-n2c3ccc(-c4ccc5c(c4)c4cc(-c6cccc(-c7cccnc7)n6)ccc4n5-c4ccccc4)cc3c3cc(-c4cccc(-c5cccnc5)n4)ccc32)cc1. The molecule has 0 saturated carbocycles. The Kier molecular flexibility index (Phi) is 8.38. The summed E-state index contributed by atoms with van der Waals surface area (Å²) in [5, 5.41) is 4.70. The number of benzene rings is 6. The van der Waals surface area contributed by atoms with Crippen molar-refractivity contribution in [1.29, 1.82) is 0 Å². The Labute approximate surface area is 357 Å². The van der Waals surface area contributed by atoms with E-state index in [0.29, 0.717) is 0 Å². The van der Waals surface area contributed by atoms with Crippen molar-refractivity contribution in [3.8, 4) is 67.5 Å². The Morgan fingerprint density at radius 2 is 0.629 bits per heavy atom. The first-order chi connectivity index (χ1) is 30.7. The maximum Gasteiger partial charge on any atom is 0.0725 e. The molecule has 0 saturated heterocycles. The maximum absolute atomic E-state index is 5.10. The number of hydrogen-bond donors (Lipinski definition) is 0. The van der Waals surface area contributed by atoms with Gasteiger partial charge in [0.15, 0.2) is 0 Å². The van der Waals surface area contributed by atoms with Gasteiger partial charge in [-0.25, -0.2) is 9.97 Å². The molecule has 6 aromatic heterocycles. The minimum absolute atomic E-state index is 0.898. The van der Waals surface area contributed by atoms with Crippen LogP contribution in [-0.2, 0) is 0 Å². The summed E-state index contributed by atoms with van der Waals surface area (Å²) in [6, 6.07) is 68.9. The molecule has 0 bridgehead atoms. The number of fused-ring (bicyclic) bond motifs is 6. The lowest BCUT2D eigenvalue weighted by Crippen LogP contribution is -1.93. The molecule has 0 atom stereocenters. The summed E-state index contributed by atoms with van der Waals surface area (Å²) in [5.74, 6) is 0. The van der Waals surface area contributed by atoms with E-state index in [9.17, 15) is 0 Å². The van der Waals surface area contributed by atoms with Gasteiger partial charge >= 0.3 is 0 Å². The molecule has 0 aliphatic heterocycles. The van der Waals surface area contributed by atoms with E-state index in [1.807, 2.05) is 48.8 Å². The number of para-hydroxylation sites is 2. The third-order valence-electron chi connectivity index (χ3n) is 11.9. The van der Waals surface area contributed by atoms with Crippen molar-refractivity contribution in [3.05, 3.63) is 219 Å². The first kappa shape index (κ1) is 35.5. The Balaban J connectivity index is 1.03. The fraction of sp³-hybridized carbons (Fsp3) is 0. The van der Waals surface area contributed by atoms with E-state index >= 15 is 0 Å². The average molecular weight is 793 g/mol. The Bertz CT molecular complexity index is 3370. The predicted octanol–water partition coefficient (Wildman–Crippen LogP) is 13.8. The monoisotopic (exact) mass is 792 g/mol. The van der Waals surface area contributed by atoms with Crippen LogP contribution >= 0.6 is 0 Å². The summed E-state index contributed by atoms with van der Waals surface area (Å²) < 4.78 is 4.74. The van der Waals surface area contributed by atoms with Gasteiger partial charge in [0, 0.05) is 80.0 Å². The van der Waals surface area contributed by atoms with Gasteiger partial charge in [0.05, 0.1) is 44.8 Å². The third-order valence-corrected chi connectivity index (χ3v) is 11.9. The van der Waals surface area contributed by atoms with Gasteiger partial charge in [-0.2, -0.15) is 0 Å². The number of aromatic nitrogens is 6. The molecule has 290 valence electrons. The number of nitrogens with zero attached hydrogens (tertiary/aromatic N) is 6. The normalized spacial score (nSPS) is 11.5. The van der Waals surface area contributed by atoms with Crippen LogP contribution in [0.25, 0.3) is 111 Å². The summed E-state index contributed by atoms with van der Waals surface area (Å²) >= 11 is 0. The molecule has 12 aromatic rings. The highest BCUT2D eigenvalue weighted by Gasteiger charge is 2.18. The van der Waals surface area contributed by atoms with Crippen LogP contribution in [0.2, 0.25) is 0 Å². The van der Waals surface area contributed by atoms with Gasteiger partial charge in [0.25, 0.3) is 0 Å². The van der Waals surface area contributed by atoms with Crippen LogP contribution in [0, 0.1) is 0 Å². The van der Waals surface area contributed by atoms with Crippen molar-refractivity contribution in [2.45, 2.75) is 0 Å². The zero-order chi connectivity index (χ0) is 41.0. The minimum Gasteiger partial charge on any atom is -0.309 e. The molecule has 0 unspecified atom stereocenters. The lowest BCUT2D eigenvalue weighted by Gasteiger charge is -2.09. The maximum atomic E-state index is 5.10. The molecule has 0 amide bonds. The highest BCUT2D eigenvalue weighted by molar-refractivity contribution is 6.14. The second-order valence-electron chi connectivity index (χ2n) is 15.6. The zero-order valence-electron chi connectivity index (χ0n) is 33.5. The van der Waals surface area contributed by atoms with Gasteiger partial charge < -0.3 is 9.13 Å². The molecule has 0 spiro atoms. The Hall–Kier alpha value is -8.48. The number of hydrogen-bond acceptors (Lipinski definition) is 4. The van der Waals surface area contributed by atoms with E-state index in [0.717, 1.165) is 89.6 Å². The van der Waals surface area contributed by atoms with Crippen LogP contribution in [-0.4, -0.2) is 29.1 Å². The fourth-order valence-electron chi connectivity index (χ4n) is 8.98. The second kappa shape index (κ2) is 14.7. The Morgan fingerprint density at radius 1 is 0.274 bits per heavy atom. The van der Waals surface area contributed by atoms with Crippen molar-refractivity contribution in [2.24, 2.45) is 0 Å². The van der Waals surface area contributed by atoms with E-state index in [1.165, 1.54) is 21.5 Å². The molecular weight excluding hydrogens is 757 g/mol. The molecular formula is C56H36N6. The summed E-state index contributed by atoms with van der Waals surface area (Å²) in [5.41, 5.74) is 16.9. The highest BCUT2D eigenvalue weighted by atomic mass is 15.0. The predicted molar refractivity (Wildman–Crippen MR) is 253 cm³/mol. The number of rotatable bonds is 7. The second-order valence-corrected chi connectivity index (χ2v) is 15.6. The van der Waals surface area contributed by atoms with Crippen molar-refractivity contribution >= 4 is 43.6 Å². The molecule has 0 N–H and O–H groups in total. The van der Waals surface area contributed by atoms with E-state index in [4.69, 9.17) is 9.97 Å². The summed E-state index contributed by atoms with van der Waals surface area (Å²) in [4.78, 5) is 18.9. The van der Waals surface area contributed by atoms with Crippen molar-refractivity contribution in [2.75, 3.05) is 0 Å². The molecule has 0 aliphatic carbocycles. The topological polar surface area (TPSA) is 61.4 Å². The van der Waals surface area contributed by atoms with E-state index in [-0.39, 0.29) is 0 Å². The van der Waals surface area contributed by atoms with Crippen molar-refractivity contribution in [1.82, 2.24) is 29.1 Å². The van der Waals surface area contributed by atoms with Crippen LogP contribution in [0.5, 0.6) is 0 Å². The lowest BCUT2D eigenvalue weighted by atomic mass is 9.99. The lowest BCUT2D eigenvalue weighted by molar-refractivity contribution is 1.18. The summed E-state index contributed by atoms with van der Waals surface area (Å²) in [6.45, 7) is 0. The highest BCUT2D eigenvalue weighted by Crippen LogP contribution is 2.40. The molecule has 0 aliphatic rings. The summed E-state index contributed by atoms with van der Waals surface area (Å²) in [6.07, 6.45) is 7.30. The van der Waals surface area contributed by atoms with Crippen molar-refractivity contribution in [3.63, 3.8) is 0 Å². The number of pyridine rings is 4. The third kappa shape index (κ3) is 6.04. The molecule has 12 rings (SSSR count). The molecule has 0 fully saturated rings. The first-order valence-electron chi connectivity index (χ1n) is 20.8. The smallest absolute Gasteiger partial charge is 0.0725 e. The molecule has 6 aromatic carbocycles. The zero-order valence-corrected chi connectivity index (χ0v) is 33.5. The minimum atomic E-state index is 0.898. The van der Waals surface area contributed by atoms with E-state index in [1.54, 1.807) is 12.4 Å². The fourth-order valence-corrected chi connectivity index (χ4v) is 8.98. The molecule has 0 radical (unpaired) electrons. The van der Waals surface area contributed by atoms with E-state index in [2.05, 4.69) is 177 Å². The van der Waals surface area contributed by atoms with Gasteiger partial charge in [0.2, 0.25) is 0 Å². The molecule has 6 heterocycles. The van der Waals surface area contributed by atoms with Crippen LogP contribution in [0.15, 0.2) is 219 Å². The molecule has 62 heavy (non-hydrogen) atoms. The van der Waals surface area contributed by atoms with Gasteiger partial charge in [-0.05, 0) is 132 Å². The van der Waals surface area contributed by atoms with Crippen molar-refractivity contribution < 1.29 is 0 Å². The standard InChI is InChI=1S/C56H36N6/c1-3-13-43(14-4-1)61-53-25-21-37(31-45(53)47-33-39(23-27-55(47)61)49-17-7-19-51(59-49)41-11-9-29-57-35-41)38-22-26-54-46(32-38)48-34-40(24-28-56(48)62(54)44-15-5-2-6-16-44)50-18-8-20-52(60-50)42-12-10-30-58-36-42/h1-36H.